The lowest BCUT2D eigenvalue weighted by molar-refractivity contribution is 0.0206. The number of hydrogen-bond acceptors (Lipinski definition) is 4. The summed E-state index contributed by atoms with van der Waals surface area (Å²) in [4.78, 5) is 16.1. The van der Waals surface area contributed by atoms with E-state index in [4.69, 9.17) is 10.5 Å². The van der Waals surface area contributed by atoms with Crippen LogP contribution in [0.5, 0.6) is 0 Å². The van der Waals surface area contributed by atoms with Gasteiger partial charge in [0.05, 0.1) is 17.7 Å². The molecule has 1 unspecified atom stereocenters. The van der Waals surface area contributed by atoms with Crippen LogP contribution in [0, 0.1) is 11.8 Å². The quantitative estimate of drug-likeness (QED) is 0.794. The lowest BCUT2D eigenvalue weighted by Crippen LogP contribution is -2.40. The van der Waals surface area contributed by atoms with Gasteiger partial charge < -0.3 is 15.8 Å². The van der Waals surface area contributed by atoms with E-state index in [0.29, 0.717) is 17.7 Å². The Kier molecular flexibility index (Phi) is 4.72. The molecule has 1 aliphatic heterocycles. The molecular formula is C15H19N3O2. The first-order valence-electron chi connectivity index (χ1n) is 6.69. The highest BCUT2D eigenvalue weighted by Gasteiger charge is 2.30. The van der Waals surface area contributed by atoms with Crippen molar-refractivity contribution in [1.82, 2.24) is 10.3 Å². The summed E-state index contributed by atoms with van der Waals surface area (Å²) in [6, 6.07) is 1.71. The zero-order valence-electron chi connectivity index (χ0n) is 11.6. The number of hydrogen-bond donors (Lipinski definition) is 2. The highest BCUT2D eigenvalue weighted by molar-refractivity contribution is 5.94. The highest BCUT2D eigenvalue weighted by atomic mass is 16.5. The van der Waals surface area contributed by atoms with E-state index in [9.17, 15) is 4.79 Å². The van der Waals surface area contributed by atoms with Crippen molar-refractivity contribution in [2.75, 3.05) is 19.7 Å². The van der Waals surface area contributed by atoms with Crippen molar-refractivity contribution in [3.8, 4) is 11.8 Å². The summed E-state index contributed by atoms with van der Waals surface area (Å²) in [5.41, 5.74) is 6.25. The topological polar surface area (TPSA) is 77.2 Å². The number of nitrogens with one attached hydrogen (secondary N) is 1. The van der Waals surface area contributed by atoms with Crippen LogP contribution in [0.2, 0.25) is 0 Å². The van der Waals surface area contributed by atoms with Gasteiger partial charge in [-0.2, -0.15) is 0 Å². The minimum atomic E-state index is -0.250. The number of pyridine rings is 1. The summed E-state index contributed by atoms with van der Waals surface area (Å²) in [6.07, 6.45) is 5.15. The maximum atomic E-state index is 12.1. The van der Waals surface area contributed by atoms with Gasteiger partial charge >= 0.3 is 0 Å². The van der Waals surface area contributed by atoms with E-state index in [0.717, 1.165) is 19.4 Å². The van der Waals surface area contributed by atoms with Crippen molar-refractivity contribution < 1.29 is 9.53 Å². The summed E-state index contributed by atoms with van der Waals surface area (Å²) in [7, 11) is 0. The number of aromatic nitrogens is 1. The van der Waals surface area contributed by atoms with E-state index in [-0.39, 0.29) is 18.1 Å². The molecule has 106 valence electrons. The SMILES string of the molecule is CC1(CNC(=O)c2cncc(C#CCN)c2)CCCO1. The Morgan fingerprint density at radius 2 is 2.45 bits per heavy atom. The Morgan fingerprint density at radius 3 is 3.15 bits per heavy atom. The predicted molar refractivity (Wildman–Crippen MR) is 76.1 cm³/mol. The summed E-state index contributed by atoms with van der Waals surface area (Å²) in [5.74, 6) is 5.44. The number of carbonyl (C=O) groups is 1. The van der Waals surface area contributed by atoms with Gasteiger partial charge in [-0.1, -0.05) is 11.8 Å². The molecular weight excluding hydrogens is 254 g/mol. The molecule has 0 aliphatic carbocycles. The third-order valence-electron chi connectivity index (χ3n) is 3.26. The molecule has 1 aliphatic rings. The van der Waals surface area contributed by atoms with Gasteiger partial charge in [0.25, 0.3) is 5.91 Å². The minimum Gasteiger partial charge on any atom is -0.373 e. The fourth-order valence-corrected chi connectivity index (χ4v) is 2.13. The second-order valence-electron chi connectivity index (χ2n) is 5.05. The van der Waals surface area contributed by atoms with E-state index < -0.39 is 0 Å². The molecule has 2 rings (SSSR count). The number of nitrogens with two attached hydrogens (primary N) is 1. The van der Waals surface area contributed by atoms with Crippen LogP contribution in [0.25, 0.3) is 0 Å². The normalized spacial score (nSPS) is 21.1. The molecule has 0 aromatic carbocycles. The van der Waals surface area contributed by atoms with Crippen LogP contribution < -0.4 is 11.1 Å². The summed E-state index contributed by atoms with van der Waals surface area (Å²) in [6.45, 7) is 3.57. The molecule has 5 heteroatoms. The Bertz CT molecular complexity index is 540. The van der Waals surface area contributed by atoms with E-state index >= 15 is 0 Å². The fourth-order valence-electron chi connectivity index (χ4n) is 2.13. The Morgan fingerprint density at radius 1 is 1.60 bits per heavy atom. The molecule has 1 fully saturated rings. The Hall–Kier alpha value is -1.90. The first-order chi connectivity index (χ1) is 9.63. The first-order valence-corrected chi connectivity index (χ1v) is 6.69. The van der Waals surface area contributed by atoms with Crippen molar-refractivity contribution in [3.63, 3.8) is 0 Å². The predicted octanol–water partition coefficient (Wildman–Crippen LogP) is 0.691. The zero-order chi connectivity index (χ0) is 14.4. The smallest absolute Gasteiger partial charge is 0.252 e. The Balaban J connectivity index is 1.98. The van der Waals surface area contributed by atoms with Gasteiger partial charge in [-0.25, -0.2) is 0 Å². The van der Waals surface area contributed by atoms with Crippen molar-refractivity contribution >= 4 is 5.91 Å². The third-order valence-corrected chi connectivity index (χ3v) is 3.26. The molecule has 1 amide bonds. The summed E-state index contributed by atoms with van der Waals surface area (Å²) < 4.78 is 5.64. The average Bonchev–Trinajstić information content (AvgIpc) is 2.90. The molecule has 1 aromatic heterocycles. The molecule has 2 heterocycles. The van der Waals surface area contributed by atoms with Gasteiger partial charge in [-0.05, 0) is 25.8 Å². The maximum absolute atomic E-state index is 12.1. The van der Waals surface area contributed by atoms with Crippen LogP contribution in [0.4, 0.5) is 0 Å². The van der Waals surface area contributed by atoms with Crippen molar-refractivity contribution in [1.29, 1.82) is 0 Å². The number of carbonyl (C=O) groups excluding carboxylic acids is 1. The third kappa shape index (κ3) is 3.80. The fraction of sp³-hybridized carbons (Fsp3) is 0.467. The highest BCUT2D eigenvalue weighted by Crippen LogP contribution is 2.23. The van der Waals surface area contributed by atoms with E-state index in [2.05, 4.69) is 22.1 Å². The standard InChI is InChI=1S/C15H19N3O2/c1-15(5-3-7-20-15)11-18-14(19)13-8-12(4-2-6-16)9-17-10-13/h8-10H,3,5-7,11,16H2,1H3,(H,18,19). The number of amides is 1. The van der Waals surface area contributed by atoms with Gasteiger partial charge in [0, 0.05) is 31.1 Å². The number of ether oxygens (including phenoxy) is 1. The maximum Gasteiger partial charge on any atom is 0.252 e. The van der Waals surface area contributed by atoms with Crippen LogP contribution in [0.1, 0.15) is 35.7 Å². The second kappa shape index (κ2) is 6.51. The molecule has 0 radical (unpaired) electrons. The first kappa shape index (κ1) is 14.5. The van der Waals surface area contributed by atoms with Crippen molar-refractivity contribution in [2.45, 2.75) is 25.4 Å². The molecule has 1 saturated heterocycles. The van der Waals surface area contributed by atoms with Crippen LogP contribution in [0.3, 0.4) is 0 Å². The minimum absolute atomic E-state index is 0.161. The molecule has 1 aromatic rings. The van der Waals surface area contributed by atoms with Crippen LogP contribution >= 0.6 is 0 Å². The molecule has 1 atom stereocenters. The second-order valence-corrected chi connectivity index (χ2v) is 5.05. The Labute approximate surface area is 118 Å². The van der Waals surface area contributed by atoms with Crippen molar-refractivity contribution in [3.05, 3.63) is 29.6 Å². The van der Waals surface area contributed by atoms with Crippen LogP contribution in [-0.4, -0.2) is 36.2 Å². The lowest BCUT2D eigenvalue weighted by atomic mass is 10.0. The molecule has 20 heavy (non-hydrogen) atoms. The monoisotopic (exact) mass is 273 g/mol. The average molecular weight is 273 g/mol. The number of nitrogens with zero attached hydrogens (tertiary/aromatic N) is 1. The van der Waals surface area contributed by atoms with Crippen LogP contribution in [0.15, 0.2) is 18.5 Å². The van der Waals surface area contributed by atoms with E-state index in [1.165, 1.54) is 6.20 Å². The summed E-state index contributed by atoms with van der Waals surface area (Å²) >= 11 is 0. The molecule has 3 N–H and O–H groups in total. The molecule has 0 spiro atoms. The van der Waals surface area contributed by atoms with Gasteiger partial charge in [-0.15, -0.1) is 0 Å². The van der Waals surface area contributed by atoms with Crippen LogP contribution in [-0.2, 0) is 4.74 Å². The number of rotatable bonds is 3. The summed E-state index contributed by atoms with van der Waals surface area (Å²) in [5, 5.41) is 2.89. The van der Waals surface area contributed by atoms with Crippen molar-refractivity contribution in [2.24, 2.45) is 5.73 Å². The molecule has 5 nitrogen and oxygen atoms in total. The van der Waals surface area contributed by atoms with E-state index in [1.807, 2.05) is 6.92 Å². The zero-order valence-corrected chi connectivity index (χ0v) is 11.6. The molecule has 0 bridgehead atoms. The molecule has 0 saturated carbocycles. The van der Waals surface area contributed by atoms with Gasteiger partial charge in [0.15, 0.2) is 0 Å². The van der Waals surface area contributed by atoms with Gasteiger partial charge in [-0.3, -0.25) is 9.78 Å². The lowest BCUT2D eigenvalue weighted by Gasteiger charge is -2.23. The van der Waals surface area contributed by atoms with Gasteiger partial charge in [0.1, 0.15) is 0 Å². The largest absolute Gasteiger partial charge is 0.373 e. The van der Waals surface area contributed by atoms with Gasteiger partial charge in [0.2, 0.25) is 0 Å². The van der Waals surface area contributed by atoms with E-state index in [1.54, 1.807) is 12.3 Å².